The molecule has 7 heteroatoms. The Labute approximate surface area is 116 Å². The zero-order valence-corrected chi connectivity index (χ0v) is 11.4. The molecule has 0 bridgehead atoms. The van der Waals surface area contributed by atoms with Crippen LogP contribution in [0.25, 0.3) is 0 Å². The lowest BCUT2D eigenvalue weighted by molar-refractivity contribution is 0.415. The maximum absolute atomic E-state index is 10.9. The fourth-order valence-corrected chi connectivity index (χ4v) is 1.93. The third kappa shape index (κ3) is 3.62. The highest BCUT2D eigenvalue weighted by Gasteiger charge is 2.07. The Hall–Kier alpha value is -2.25. The SMILES string of the molecule is COc1ccc(N=Nc2ccc(S(=O)(=O)O)cc2)cc1. The van der Waals surface area contributed by atoms with E-state index in [1.54, 1.807) is 31.4 Å². The quantitative estimate of drug-likeness (QED) is 0.691. The molecule has 0 radical (unpaired) electrons. The molecule has 0 amide bonds. The Balaban J connectivity index is 2.14. The summed E-state index contributed by atoms with van der Waals surface area (Å²) >= 11 is 0. The van der Waals surface area contributed by atoms with Gasteiger partial charge in [0.2, 0.25) is 0 Å². The first-order valence-electron chi connectivity index (χ1n) is 5.62. The van der Waals surface area contributed by atoms with E-state index in [4.69, 9.17) is 9.29 Å². The Kier molecular flexibility index (Phi) is 4.11. The van der Waals surface area contributed by atoms with Crippen LogP contribution >= 0.6 is 0 Å². The summed E-state index contributed by atoms with van der Waals surface area (Å²) in [5, 5.41) is 7.96. The smallest absolute Gasteiger partial charge is 0.294 e. The van der Waals surface area contributed by atoms with Gasteiger partial charge in [0, 0.05) is 0 Å². The van der Waals surface area contributed by atoms with E-state index in [2.05, 4.69) is 10.2 Å². The van der Waals surface area contributed by atoms with Crippen molar-refractivity contribution >= 4 is 21.5 Å². The predicted octanol–water partition coefficient (Wildman–Crippen LogP) is 3.36. The minimum atomic E-state index is -4.18. The van der Waals surface area contributed by atoms with Gasteiger partial charge in [0.1, 0.15) is 5.75 Å². The van der Waals surface area contributed by atoms with Crippen molar-refractivity contribution in [3.8, 4) is 5.75 Å². The van der Waals surface area contributed by atoms with Crippen LogP contribution < -0.4 is 4.74 Å². The van der Waals surface area contributed by atoms with E-state index in [0.717, 1.165) is 5.75 Å². The molecule has 20 heavy (non-hydrogen) atoms. The van der Waals surface area contributed by atoms with Crippen LogP contribution in [0.4, 0.5) is 11.4 Å². The van der Waals surface area contributed by atoms with Crippen molar-refractivity contribution in [3.05, 3.63) is 48.5 Å². The van der Waals surface area contributed by atoms with Crippen molar-refractivity contribution < 1.29 is 17.7 Å². The van der Waals surface area contributed by atoms with Gasteiger partial charge in [0.05, 0.1) is 23.4 Å². The summed E-state index contributed by atoms with van der Waals surface area (Å²) < 4.78 is 35.6. The molecule has 6 nitrogen and oxygen atoms in total. The molecule has 0 unspecified atom stereocenters. The van der Waals surface area contributed by atoms with E-state index in [1.807, 2.05) is 0 Å². The lowest BCUT2D eigenvalue weighted by Gasteiger charge is -1.99. The number of rotatable bonds is 4. The minimum Gasteiger partial charge on any atom is -0.497 e. The summed E-state index contributed by atoms with van der Waals surface area (Å²) in [6.45, 7) is 0. The Morgan fingerprint density at radius 1 is 0.900 bits per heavy atom. The number of methoxy groups -OCH3 is 1. The molecule has 0 aromatic heterocycles. The average Bonchev–Trinajstić information content (AvgIpc) is 2.45. The molecule has 2 rings (SSSR count). The molecule has 0 fully saturated rings. The third-order valence-electron chi connectivity index (χ3n) is 2.49. The number of azo groups is 1. The molecule has 0 aliphatic carbocycles. The van der Waals surface area contributed by atoms with Gasteiger partial charge in [-0.05, 0) is 48.5 Å². The largest absolute Gasteiger partial charge is 0.497 e. The van der Waals surface area contributed by atoms with Gasteiger partial charge in [0.25, 0.3) is 10.1 Å². The second kappa shape index (κ2) is 5.81. The number of benzene rings is 2. The lowest BCUT2D eigenvalue weighted by atomic mass is 10.3. The molecule has 0 spiro atoms. The second-order valence-corrected chi connectivity index (χ2v) is 5.29. The number of nitrogens with zero attached hydrogens (tertiary/aromatic N) is 2. The predicted molar refractivity (Wildman–Crippen MR) is 73.4 cm³/mol. The van der Waals surface area contributed by atoms with Crippen molar-refractivity contribution in [3.63, 3.8) is 0 Å². The molecule has 2 aromatic rings. The van der Waals surface area contributed by atoms with Gasteiger partial charge in [-0.3, -0.25) is 4.55 Å². The molecule has 0 aliphatic heterocycles. The van der Waals surface area contributed by atoms with Crippen molar-refractivity contribution in [1.82, 2.24) is 0 Å². The van der Waals surface area contributed by atoms with Gasteiger partial charge in [-0.15, -0.1) is 0 Å². The Morgan fingerprint density at radius 3 is 1.75 bits per heavy atom. The number of hydrogen-bond acceptors (Lipinski definition) is 5. The van der Waals surface area contributed by atoms with Crippen LogP contribution in [0.3, 0.4) is 0 Å². The van der Waals surface area contributed by atoms with Crippen molar-refractivity contribution in [2.24, 2.45) is 10.2 Å². The van der Waals surface area contributed by atoms with Crippen LogP contribution in [0, 0.1) is 0 Å². The number of ether oxygens (including phenoxy) is 1. The van der Waals surface area contributed by atoms with Crippen LogP contribution in [0.1, 0.15) is 0 Å². The first kappa shape index (κ1) is 14.2. The van der Waals surface area contributed by atoms with E-state index >= 15 is 0 Å². The van der Waals surface area contributed by atoms with E-state index in [9.17, 15) is 8.42 Å². The summed E-state index contributed by atoms with van der Waals surface area (Å²) in [5.41, 5.74) is 1.12. The summed E-state index contributed by atoms with van der Waals surface area (Å²) in [5.74, 6) is 0.724. The maximum Gasteiger partial charge on any atom is 0.294 e. The standard InChI is InChI=1S/C13H12N2O4S/c1-19-12-6-2-10(3-7-12)14-15-11-4-8-13(9-5-11)20(16,17)18/h2-9H,1H3,(H,16,17,18). The first-order chi connectivity index (χ1) is 9.49. The molecule has 104 valence electrons. The molecule has 0 saturated carbocycles. The van der Waals surface area contributed by atoms with Gasteiger partial charge < -0.3 is 4.74 Å². The first-order valence-corrected chi connectivity index (χ1v) is 7.06. The van der Waals surface area contributed by atoms with Crippen LogP contribution in [0.2, 0.25) is 0 Å². The Morgan fingerprint density at radius 2 is 1.35 bits per heavy atom. The molecular weight excluding hydrogens is 280 g/mol. The zero-order chi connectivity index (χ0) is 14.6. The molecule has 0 heterocycles. The molecule has 2 aromatic carbocycles. The fourth-order valence-electron chi connectivity index (χ4n) is 1.45. The highest BCUT2D eigenvalue weighted by atomic mass is 32.2. The molecular formula is C13H12N2O4S. The van der Waals surface area contributed by atoms with Gasteiger partial charge in [-0.25, -0.2) is 0 Å². The average molecular weight is 292 g/mol. The van der Waals surface area contributed by atoms with Crippen molar-refractivity contribution in [1.29, 1.82) is 0 Å². The van der Waals surface area contributed by atoms with E-state index in [0.29, 0.717) is 11.4 Å². The lowest BCUT2D eigenvalue weighted by Crippen LogP contribution is -1.96. The highest BCUT2D eigenvalue weighted by Crippen LogP contribution is 2.22. The second-order valence-electron chi connectivity index (χ2n) is 3.87. The third-order valence-corrected chi connectivity index (χ3v) is 3.36. The summed E-state index contributed by atoms with van der Waals surface area (Å²) in [7, 11) is -2.60. The fraction of sp³-hybridized carbons (Fsp3) is 0.0769. The van der Waals surface area contributed by atoms with Crippen LogP contribution in [-0.2, 0) is 10.1 Å². The molecule has 0 saturated heterocycles. The van der Waals surface area contributed by atoms with E-state index < -0.39 is 10.1 Å². The zero-order valence-electron chi connectivity index (χ0n) is 10.6. The topological polar surface area (TPSA) is 88.3 Å². The van der Waals surface area contributed by atoms with Gasteiger partial charge >= 0.3 is 0 Å². The van der Waals surface area contributed by atoms with Gasteiger partial charge in [0.15, 0.2) is 0 Å². The van der Waals surface area contributed by atoms with E-state index in [-0.39, 0.29) is 4.90 Å². The Bertz CT molecular complexity index is 707. The van der Waals surface area contributed by atoms with Crippen LogP contribution in [-0.4, -0.2) is 20.1 Å². The van der Waals surface area contributed by atoms with Gasteiger partial charge in [-0.1, -0.05) is 0 Å². The monoisotopic (exact) mass is 292 g/mol. The van der Waals surface area contributed by atoms with Gasteiger partial charge in [-0.2, -0.15) is 18.6 Å². The molecule has 0 atom stereocenters. The highest BCUT2D eigenvalue weighted by molar-refractivity contribution is 7.85. The van der Waals surface area contributed by atoms with Crippen LogP contribution in [0.15, 0.2) is 63.7 Å². The van der Waals surface area contributed by atoms with E-state index in [1.165, 1.54) is 24.3 Å². The summed E-state index contributed by atoms with van der Waals surface area (Å²) in [6.07, 6.45) is 0. The normalized spacial score (nSPS) is 11.7. The molecule has 1 N–H and O–H groups in total. The van der Waals surface area contributed by atoms with Crippen molar-refractivity contribution in [2.75, 3.05) is 7.11 Å². The van der Waals surface area contributed by atoms with Crippen LogP contribution in [0.5, 0.6) is 5.75 Å². The molecule has 0 aliphatic rings. The summed E-state index contributed by atoms with van der Waals surface area (Å²) in [4.78, 5) is -0.180. The maximum atomic E-state index is 10.9. The minimum absolute atomic E-state index is 0.180. The summed E-state index contributed by atoms with van der Waals surface area (Å²) in [6, 6.07) is 12.4. The van der Waals surface area contributed by atoms with Crippen molar-refractivity contribution in [2.45, 2.75) is 4.90 Å². The number of hydrogen-bond donors (Lipinski definition) is 1.